The van der Waals surface area contributed by atoms with Crippen molar-refractivity contribution in [2.45, 2.75) is 0 Å². The van der Waals surface area contributed by atoms with Crippen LogP contribution in [0.25, 0.3) is 22.0 Å². The van der Waals surface area contributed by atoms with Crippen molar-refractivity contribution in [3.05, 3.63) is 46.8 Å². The Morgan fingerprint density at radius 1 is 0.913 bits per heavy atom. The summed E-state index contributed by atoms with van der Waals surface area (Å²) >= 11 is 0. The molecule has 0 fully saturated rings. The largest absolute Gasteiger partial charge is 0.497 e. The topological polar surface area (TPSA) is 73.4 Å². The molecule has 6 nitrogen and oxygen atoms in total. The van der Waals surface area contributed by atoms with Crippen LogP contribution < -0.4 is 19.8 Å². The van der Waals surface area contributed by atoms with Crippen LogP contribution in [0.4, 0.5) is 0 Å². The number of nitrogens with zero attached hydrogens (tertiary/aromatic N) is 1. The molecule has 0 radical (unpaired) electrons. The van der Waals surface area contributed by atoms with Gasteiger partial charge in [-0.1, -0.05) is 0 Å². The molecule has 118 valence electrons. The maximum absolute atomic E-state index is 12.1. The summed E-state index contributed by atoms with van der Waals surface area (Å²) in [5, 5.41) is 7.82. The van der Waals surface area contributed by atoms with Crippen molar-refractivity contribution in [3.8, 4) is 28.5 Å². The average molecular weight is 312 g/mol. The zero-order valence-corrected chi connectivity index (χ0v) is 13.0. The summed E-state index contributed by atoms with van der Waals surface area (Å²) in [7, 11) is 4.70. The van der Waals surface area contributed by atoms with Crippen molar-refractivity contribution in [1.29, 1.82) is 0 Å². The maximum Gasteiger partial charge on any atom is 0.272 e. The Morgan fingerprint density at radius 3 is 2.22 bits per heavy atom. The van der Waals surface area contributed by atoms with E-state index in [9.17, 15) is 4.79 Å². The van der Waals surface area contributed by atoms with Gasteiger partial charge in [-0.05, 0) is 30.3 Å². The molecule has 0 aliphatic carbocycles. The van der Waals surface area contributed by atoms with Crippen molar-refractivity contribution in [2.24, 2.45) is 0 Å². The van der Waals surface area contributed by atoms with E-state index < -0.39 is 0 Å². The molecule has 0 aliphatic heterocycles. The Kier molecular flexibility index (Phi) is 3.89. The number of hydrogen-bond acceptors (Lipinski definition) is 5. The highest BCUT2D eigenvalue weighted by atomic mass is 16.5. The van der Waals surface area contributed by atoms with Crippen LogP contribution in [0.1, 0.15) is 0 Å². The number of fused-ring (bicyclic) bond motifs is 1. The van der Waals surface area contributed by atoms with Crippen molar-refractivity contribution in [2.75, 3.05) is 21.3 Å². The Morgan fingerprint density at radius 2 is 1.61 bits per heavy atom. The summed E-state index contributed by atoms with van der Waals surface area (Å²) in [6.45, 7) is 0. The lowest BCUT2D eigenvalue weighted by Gasteiger charge is -2.11. The van der Waals surface area contributed by atoms with E-state index in [0.717, 1.165) is 11.3 Å². The number of methoxy groups -OCH3 is 3. The van der Waals surface area contributed by atoms with Gasteiger partial charge in [-0.15, -0.1) is 0 Å². The molecule has 0 saturated carbocycles. The standard InChI is InChI=1S/C17H16N2O4/c1-21-11-6-4-10(5-7-11)16-15-13(17(20)19-18-16)8-12(22-2)9-14(15)23-3/h4-9H,1-3H3,(H,19,20). The van der Waals surface area contributed by atoms with Gasteiger partial charge in [0.25, 0.3) is 5.56 Å². The van der Waals surface area contributed by atoms with Crippen LogP contribution in [0.5, 0.6) is 17.2 Å². The highest BCUT2D eigenvalue weighted by Gasteiger charge is 2.15. The van der Waals surface area contributed by atoms with Gasteiger partial charge in [-0.3, -0.25) is 4.79 Å². The molecule has 23 heavy (non-hydrogen) atoms. The van der Waals surface area contributed by atoms with E-state index in [1.165, 1.54) is 0 Å². The molecule has 1 N–H and O–H groups in total. The van der Waals surface area contributed by atoms with Crippen LogP contribution in [-0.2, 0) is 0 Å². The Bertz CT molecular complexity index is 901. The molecule has 1 heterocycles. The Balaban J connectivity index is 2.32. The van der Waals surface area contributed by atoms with E-state index in [-0.39, 0.29) is 5.56 Å². The van der Waals surface area contributed by atoms with Gasteiger partial charge in [-0.2, -0.15) is 5.10 Å². The van der Waals surface area contributed by atoms with Gasteiger partial charge in [0.2, 0.25) is 0 Å². The third-order valence-corrected chi connectivity index (χ3v) is 3.65. The van der Waals surface area contributed by atoms with Gasteiger partial charge in [0, 0.05) is 11.6 Å². The van der Waals surface area contributed by atoms with Crippen LogP contribution in [-0.4, -0.2) is 31.5 Å². The average Bonchev–Trinajstić information content (AvgIpc) is 2.61. The minimum atomic E-state index is -0.297. The first-order valence-electron chi connectivity index (χ1n) is 6.96. The van der Waals surface area contributed by atoms with Crippen LogP contribution in [0.2, 0.25) is 0 Å². The lowest BCUT2D eigenvalue weighted by molar-refractivity contribution is 0.398. The normalized spacial score (nSPS) is 10.6. The summed E-state index contributed by atoms with van der Waals surface area (Å²) in [5.41, 5.74) is 1.17. The van der Waals surface area contributed by atoms with E-state index in [1.54, 1.807) is 33.5 Å². The van der Waals surface area contributed by atoms with Crippen LogP contribution in [0.15, 0.2) is 41.2 Å². The molecule has 2 aromatic carbocycles. The molecule has 0 saturated heterocycles. The lowest BCUT2D eigenvalue weighted by Crippen LogP contribution is -2.10. The highest BCUT2D eigenvalue weighted by molar-refractivity contribution is 5.99. The summed E-state index contributed by atoms with van der Waals surface area (Å²) in [5.74, 6) is 1.83. The third-order valence-electron chi connectivity index (χ3n) is 3.65. The number of benzene rings is 2. The summed E-state index contributed by atoms with van der Waals surface area (Å²) in [4.78, 5) is 12.1. The fourth-order valence-electron chi connectivity index (χ4n) is 2.47. The number of ether oxygens (including phenoxy) is 3. The first-order chi connectivity index (χ1) is 11.2. The summed E-state index contributed by atoms with van der Waals surface area (Å²) < 4.78 is 15.8. The first-order valence-corrected chi connectivity index (χ1v) is 6.96. The van der Waals surface area contributed by atoms with Crippen molar-refractivity contribution in [1.82, 2.24) is 10.2 Å². The molecule has 0 unspecified atom stereocenters. The van der Waals surface area contributed by atoms with Gasteiger partial charge in [0.1, 0.15) is 22.9 Å². The molecular weight excluding hydrogens is 296 g/mol. The van der Waals surface area contributed by atoms with Gasteiger partial charge < -0.3 is 14.2 Å². The molecule has 0 amide bonds. The Labute approximate surface area is 132 Å². The maximum atomic E-state index is 12.1. The fourth-order valence-corrected chi connectivity index (χ4v) is 2.47. The van der Waals surface area contributed by atoms with Crippen molar-refractivity contribution < 1.29 is 14.2 Å². The second-order valence-electron chi connectivity index (χ2n) is 4.88. The fraction of sp³-hybridized carbons (Fsp3) is 0.176. The van der Waals surface area contributed by atoms with Gasteiger partial charge in [0.05, 0.1) is 32.1 Å². The molecule has 0 bridgehead atoms. The molecule has 3 aromatic rings. The second-order valence-corrected chi connectivity index (χ2v) is 4.88. The minimum absolute atomic E-state index is 0.297. The minimum Gasteiger partial charge on any atom is -0.497 e. The molecule has 0 atom stereocenters. The van der Waals surface area contributed by atoms with Crippen molar-refractivity contribution in [3.63, 3.8) is 0 Å². The molecule has 0 aliphatic rings. The SMILES string of the molecule is COc1ccc(-c2n[nH]c(=O)c3cc(OC)cc(OC)c23)cc1. The zero-order chi connectivity index (χ0) is 16.4. The van der Waals surface area contributed by atoms with E-state index in [4.69, 9.17) is 14.2 Å². The molecule has 1 aromatic heterocycles. The summed E-state index contributed by atoms with van der Waals surface area (Å²) in [6.07, 6.45) is 0. The lowest BCUT2D eigenvalue weighted by atomic mass is 10.0. The second kappa shape index (κ2) is 6.00. The quantitative estimate of drug-likeness (QED) is 0.801. The first kappa shape index (κ1) is 14.9. The predicted octanol–water partition coefficient (Wildman–Crippen LogP) is 2.62. The van der Waals surface area contributed by atoms with Crippen LogP contribution in [0, 0.1) is 0 Å². The van der Waals surface area contributed by atoms with Gasteiger partial charge in [-0.25, -0.2) is 5.10 Å². The van der Waals surface area contributed by atoms with Crippen LogP contribution in [0.3, 0.4) is 0 Å². The van der Waals surface area contributed by atoms with Gasteiger partial charge >= 0.3 is 0 Å². The molecule has 6 heteroatoms. The molecule has 3 rings (SSSR count). The summed E-state index contributed by atoms with van der Waals surface area (Å²) in [6, 6.07) is 10.8. The number of H-pyrrole nitrogens is 1. The van der Waals surface area contributed by atoms with E-state index in [0.29, 0.717) is 28.0 Å². The zero-order valence-electron chi connectivity index (χ0n) is 13.0. The van der Waals surface area contributed by atoms with Crippen molar-refractivity contribution >= 4 is 10.8 Å². The smallest absolute Gasteiger partial charge is 0.272 e. The number of rotatable bonds is 4. The number of aromatic amines is 1. The Hall–Kier alpha value is -3.02. The van der Waals surface area contributed by atoms with E-state index in [2.05, 4.69) is 10.2 Å². The number of nitrogens with one attached hydrogen (secondary N) is 1. The van der Waals surface area contributed by atoms with E-state index >= 15 is 0 Å². The van der Waals surface area contributed by atoms with Gasteiger partial charge in [0.15, 0.2) is 0 Å². The highest BCUT2D eigenvalue weighted by Crippen LogP contribution is 2.35. The molecular formula is C17H16N2O4. The van der Waals surface area contributed by atoms with Crippen LogP contribution >= 0.6 is 0 Å². The number of hydrogen-bond donors (Lipinski definition) is 1. The third kappa shape index (κ3) is 2.59. The monoisotopic (exact) mass is 312 g/mol. The van der Waals surface area contributed by atoms with E-state index in [1.807, 2.05) is 24.3 Å². The predicted molar refractivity (Wildman–Crippen MR) is 87.5 cm³/mol. The molecule has 0 spiro atoms. The number of aromatic nitrogens is 2.